The number of rotatable bonds is 4. The van der Waals surface area contributed by atoms with Gasteiger partial charge in [-0.2, -0.15) is 0 Å². The molecule has 1 amide bonds. The minimum atomic E-state index is -3.46. The number of thiophene rings is 1. The molecule has 0 atom stereocenters. The number of halogens is 1. The number of amides is 1. The van der Waals surface area contributed by atoms with Crippen molar-refractivity contribution < 1.29 is 17.9 Å². The van der Waals surface area contributed by atoms with Crippen molar-refractivity contribution >= 4 is 50.2 Å². The Morgan fingerprint density at radius 1 is 1.24 bits per heavy atom. The van der Waals surface area contributed by atoms with Gasteiger partial charge in [0.05, 0.1) is 23.4 Å². The van der Waals surface area contributed by atoms with Gasteiger partial charge in [0, 0.05) is 33.8 Å². The van der Waals surface area contributed by atoms with Crippen LogP contribution in [0, 0.1) is 0 Å². The number of carbonyl (C=O) groups excluding carboxylic acids is 1. The van der Waals surface area contributed by atoms with Crippen LogP contribution in [0.1, 0.15) is 14.5 Å². The Kier molecular flexibility index (Phi) is 5.20. The van der Waals surface area contributed by atoms with E-state index in [-0.39, 0.29) is 11.6 Å². The van der Waals surface area contributed by atoms with Crippen molar-refractivity contribution in [2.45, 2.75) is 6.42 Å². The van der Waals surface area contributed by atoms with Gasteiger partial charge >= 0.3 is 0 Å². The monoisotopic (exact) mass is 449 g/mol. The van der Waals surface area contributed by atoms with Gasteiger partial charge in [-0.3, -0.25) is 14.5 Å². The van der Waals surface area contributed by atoms with Crippen LogP contribution in [0.25, 0.3) is 11.3 Å². The van der Waals surface area contributed by atoms with E-state index in [2.05, 4.69) is 15.0 Å². The molecule has 0 aliphatic carbocycles. The van der Waals surface area contributed by atoms with Crippen LogP contribution >= 0.6 is 22.9 Å². The fraction of sp³-hybridized carbons (Fsp3) is 0.158. The Hall–Kier alpha value is -2.62. The molecule has 0 bridgehead atoms. The third-order valence-corrected chi connectivity index (χ3v) is 6.12. The van der Waals surface area contributed by atoms with Crippen molar-refractivity contribution in [3.63, 3.8) is 0 Å². The van der Waals surface area contributed by atoms with Gasteiger partial charge < -0.3 is 10.1 Å². The van der Waals surface area contributed by atoms with Crippen molar-refractivity contribution in [1.82, 2.24) is 4.98 Å². The number of hydrogen-bond donors (Lipinski definition) is 2. The summed E-state index contributed by atoms with van der Waals surface area (Å²) in [5.74, 6) is 0.386. The molecule has 0 spiro atoms. The first kappa shape index (κ1) is 19.7. The zero-order chi connectivity index (χ0) is 20.6. The zero-order valence-corrected chi connectivity index (χ0v) is 17.6. The molecule has 2 N–H and O–H groups in total. The van der Waals surface area contributed by atoms with Crippen molar-refractivity contribution in [3.8, 4) is 17.0 Å². The molecule has 0 saturated heterocycles. The predicted molar refractivity (Wildman–Crippen MR) is 115 cm³/mol. The number of ether oxygens (including phenoxy) is 1. The second-order valence-electron chi connectivity index (χ2n) is 6.45. The number of benzene rings is 1. The molecule has 3 aromatic rings. The van der Waals surface area contributed by atoms with E-state index in [0.29, 0.717) is 34.4 Å². The molecule has 0 radical (unpaired) electrons. The molecule has 1 aromatic carbocycles. The number of anilines is 2. The molecule has 0 saturated carbocycles. The van der Waals surface area contributed by atoms with Crippen LogP contribution < -0.4 is 14.8 Å². The highest BCUT2D eigenvalue weighted by molar-refractivity contribution is 7.92. The summed E-state index contributed by atoms with van der Waals surface area (Å²) in [6.07, 6.45) is 3.42. The maximum atomic E-state index is 12.8. The Balaban J connectivity index is 1.62. The topological polar surface area (TPSA) is 97.4 Å². The van der Waals surface area contributed by atoms with Crippen LogP contribution in [-0.4, -0.2) is 32.2 Å². The van der Waals surface area contributed by atoms with Crippen LogP contribution in [0.2, 0.25) is 5.02 Å². The van der Waals surface area contributed by atoms with E-state index in [9.17, 15) is 13.2 Å². The number of pyridine rings is 1. The standard InChI is InChI=1S/C19H16ClN3O4S2/c1-29(25,26)23-13-8-11(20)7-12(9-13)22-19(24)17-10-14-16(28-17)4-6-27-15-3-2-5-21-18(14)15/h2-3,5,7-10,23H,4,6H2,1H3,(H,22,24). The highest BCUT2D eigenvalue weighted by Crippen LogP contribution is 2.38. The number of nitrogens with one attached hydrogen (secondary N) is 2. The van der Waals surface area contributed by atoms with Crippen molar-refractivity contribution in [2.75, 3.05) is 22.9 Å². The van der Waals surface area contributed by atoms with Gasteiger partial charge in [0.2, 0.25) is 10.0 Å². The summed E-state index contributed by atoms with van der Waals surface area (Å²) in [5.41, 5.74) is 2.27. The first-order chi connectivity index (χ1) is 13.8. The van der Waals surface area contributed by atoms with Gasteiger partial charge in [0.1, 0.15) is 11.4 Å². The Morgan fingerprint density at radius 3 is 2.83 bits per heavy atom. The number of nitrogens with zero attached hydrogens (tertiary/aromatic N) is 1. The molecule has 4 rings (SSSR count). The van der Waals surface area contributed by atoms with Gasteiger partial charge in [0.25, 0.3) is 5.91 Å². The lowest BCUT2D eigenvalue weighted by molar-refractivity contribution is 0.103. The summed E-state index contributed by atoms with van der Waals surface area (Å²) in [6, 6.07) is 10.00. The van der Waals surface area contributed by atoms with E-state index in [1.165, 1.54) is 23.5 Å². The molecule has 7 nitrogen and oxygen atoms in total. The van der Waals surface area contributed by atoms with Gasteiger partial charge in [-0.25, -0.2) is 8.42 Å². The molecule has 1 aliphatic heterocycles. The van der Waals surface area contributed by atoms with E-state index in [1.807, 2.05) is 12.1 Å². The van der Waals surface area contributed by atoms with Gasteiger partial charge in [0.15, 0.2) is 0 Å². The number of sulfonamides is 1. The van der Waals surface area contributed by atoms with E-state index in [0.717, 1.165) is 22.4 Å². The van der Waals surface area contributed by atoms with E-state index >= 15 is 0 Å². The molecule has 3 heterocycles. The van der Waals surface area contributed by atoms with E-state index in [4.69, 9.17) is 16.3 Å². The van der Waals surface area contributed by atoms with Gasteiger partial charge in [-0.05, 0) is 36.4 Å². The van der Waals surface area contributed by atoms with Crippen LogP contribution in [0.5, 0.6) is 5.75 Å². The minimum Gasteiger partial charge on any atom is -0.491 e. The Bertz CT molecular complexity index is 1210. The van der Waals surface area contributed by atoms with Gasteiger partial charge in [-0.15, -0.1) is 11.3 Å². The third kappa shape index (κ3) is 4.52. The maximum Gasteiger partial charge on any atom is 0.265 e. The fourth-order valence-corrected chi connectivity index (χ4v) is 4.84. The van der Waals surface area contributed by atoms with Crippen molar-refractivity contribution in [3.05, 3.63) is 57.4 Å². The normalized spacial score (nSPS) is 12.9. The molecular formula is C19H16ClN3O4S2. The first-order valence-electron chi connectivity index (χ1n) is 8.59. The molecule has 29 heavy (non-hydrogen) atoms. The summed E-state index contributed by atoms with van der Waals surface area (Å²) in [4.78, 5) is 18.8. The lowest BCUT2D eigenvalue weighted by atomic mass is 10.1. The minimum absolute atomic E-state index is 0.271. The van der Waals surface area contributed by atoms with E-state index in [1.54, 1.807) is 18.3 Å². The summed E-state index contributed by atoms with van der Waals surface area (Å²) >= 11 is 7.44. The molecule has 1 aliphatic rings. The molecule has 2 aromatic heterocycles. The number of hydrogen-bond acceptors (Lipinski definition) is 6. The van der Waals surface area contributed by atoms with Crippen molar-refractivity contribution in [1.29, 1.82) is 0 Å². The Labute approximate surface area is 176 Å². The maximum absolute atomic E-state index is 12.8. The molecule has 0 fully saturated rings. The molecular weight excluding hydrogens is 434 g/mol. The molecule has 150 valence electrons. The average Bonchev–Trinajstić information content (AvgIpc) is 2.97. The SMILES string of the molecule is CS(=O)(=O)Nc1cc(Cl)cc(NC(=O)c2cc3c(s2)CCOc2cccnc2-3)c1. The second kappa shape index (κ2) is 7.66. The fourth-order valence-electron chi connectivity index (χ4n) is 3.02. The highest BCUT2D eigenvalue weighted by atomic mass is 35.5. The highest BCUT2D eigenvalue weighted by Gasteiger charge is 2.22. The van der Waals surface area contributed by atoms with Crippen LogP contribution in [0.4, 0.5) is 11.4 Å². The molecule has 0 unspecified atom stereocenters. The summed E-state index contributed by atoms with van der Waals surface area (Å²) in [7, 11) is -3.46. The smallest absolute Gasteiger partial charge is 0.265 e. The van der Waals surface area contributed by atoms with Crippen molar-refractivity contribution in [2.24, 2.45) is 0 Å². The third-order valence-electron chi connectivity index (χ3n) is 4.10. The summed E-state index contributed by atoms with van der Waals surface area (Å²) < 4.78 is 31.0. The number of fused-ring (bicyclic) bond motifs is 3. The van der Waals surface area contributed by atoms with E-state index < -0.39 is 10.0 Å². The van der Waals surface area contributed by atoms with Crippen LogP contribution in [0.3, 0.4) is 0 Å². The summed E-state index contributed by atoms with van der Waals surface area (Å²) in [6.45, 7) is 0.516. The van der Waals surface area contributed by atoms with Crippen LogP contribution in [0.15, 0.2) is 42.6 Å². The quantitative estimate of drug-likeness (QED) is 0.626. The number of carbonyl (C=O) groups is 1. The van der Waals surface area contributed by atoms with Gasteiger partial charge in [-0.1, -0.05) is 11.6 Å². The largest absolute Gasteiger partial charge is 0.491 e. The predicted octanol–water partition coefficient (Wildman–Crippen LogP) is 4.02. The van der Waals surface area contributed by atoms with Crippen LogP contribution in [-0.2, 0) is 16.4 Å². The number of aromatic nitrogens is 1. The zero-order valence-electron chi connectivity index (χ0n) is 15.2. The second-order valence-corrected chi connectivity index (χ2v) is 9.77. The lowest BCUT2D eigenvalue weighted by Gasteiger charge is -2.09. The summed E-state index contributed by atoms with van der Waals surface area (Å²) in [5, 5.41) is 3.07. The molecule has 10 heteroatoms. The lowest BCUT2D eigenvalue weighted by Crippen LogP contribution is -2.12. The Morgan fingerprint density at radius 2 is 2.03 bits per heavy atom. The average molecular weight is 450 g/mol. The first-order valence-corrected chi connectivity index (χ1v) is 11.7.